The zero-order valence-corrected chi connectivity index (χ0v) is 12.1. The highest BCUT2D eigenvalue weighted by atomic mass is 16.6. The van der Waals surface area contributed by atoms with Gasteiger partial charge in [0.05, 0.1) is 10.4 Å². The first-order valence-corrected chi connectivity index (χ1v) is 6.92. The summed E-state index contributed by atoms with van der Waals surface area (Å²) in [5.41, 5.74) is 1.47. The first kappa shape index (κ1) is 13.3. The number of fused-ring (bicyclic) bond motifs is 3. The number of benzene rings is 1. The van der Waals surface area contributed by atoms with E-state index in [1.807, 2.05) is 31.2 Å². The van der Waals surface area contributed by atoms with Crippen LogP contribution in [-0.2, 0) is 0 Å². The molecule has 9 heteroatoms. The van der Waals surface area contributed by atoms with Crippen LogP contribution in [0.25, 0.3) is 16.6 Å². The third-order valence-corrected chi connectivity index (χ3v) is 3.67. The highest BCUT2D eigenvalue weighted by molar-refractivity contribution is 5.90. The molecule has 0 bridgehead atoms. The molecule has 1 atom stereocenters. The molecule has 0 saturated carbocycles. The minimum atomic E-state index is -0.481. The Bertz CT molecular complexity index is 1040. The van der Waals surface area contributed by atoms with E-state index >= 15 is 0 Å². The van der Waals surface area contributed by atoms with Gasteiger partial charge in [0.15, 0.2) is 11.5 Å². The fraction of sp³-hybridized carbons (Fsp3) is 0.143. The van der Waals surface area contributed by atoms with Crippen molar-refractivity contribution in [1.82, 2.24) is 29.4 Å². The molecule has 4 aromatic rings. The summed E-state index contributed by atoms with van der Waals surface area (Å²) in [5, 5.41) is 20.1. The summed E-state index contributed by atoms with van der Waals surface area (Å²) in [6.07, 6.45) is 4.18. The average molecular weight is 309 g/mol. The summed E-state index contributed by atoms with van der Waals surface area (Å²) < 4.78 is 3.08. The van der Waals surface area contributed by atoms with Gasteiger partial charge in [0.2, 0.25) is 0 Å². The molecule has 4 rings (SSSR count). The van der Waals surface area contributed by atoms with Crippen LogP contribution in [0.1, 0.15) is 18.8 Å². The van der Waals surface area contributed by atoms with Crippen molar-refractivity contribution in [3.63, 3.8) is 0 Å². The van der Waals surface area contributed by atoms with Crippen molar-refractivity contribution >= 4 is 22.2 Å². The van der Waals surface area contributed by atoms with Crippen LogP contribution >= 0.6 is 0 Å². The Balaban J connectivity index is 1.81. The quantitative estimate of drug-likeness (QED) is 0.423. The molecule has 23 heavy (non-hydrogen) atoms. The maximum atomic E-state index is 10.8. The van der Waals surface area contributed by atoms with Gasteiger partial charge in [0.1, 0.15) is 24.8 Å². The predicted molar refractivity (Wildman–Crippen MR) is 81.0 cm³/mol. The molecule has 0 unspecified atom stereocenters. The van der Waals surface area contributed by atoms with Crippen molar-refractivity contribution in [3.8, 4) is 0 Å². The smallest absolute Gasteiger partial charge is 0.258 e. The van der Waals surface area contributed by atoms with Crippen LogP contribution in [0.4, 0.5) is 5.69 Å². The van der Waals surface area contributed by atoms with Gasteiger partial charge in [-0.2, -0.15) is 5.10 Å². The lowest BCUT2D eigenvalue weighted by molar-refractivity contribution is -0.385. The molecule has 3 aromatic heterocycles. The first-order valence-electron chi connectivity index (χ1n) is 6.92. The van der Waals surface area contributed by atoms with Crippen molar-refractivity contribution in [1.29, 1.82) is 0 Å². The van der Waals surface area contributed by atoms with Crippen LogP contribution in [0.15, 0.2) is 43.0 Å². The van der Waals surface area contributed by atoms with Crippen molar-refractivity contribution in [2.24, 2.45) is 0 Å². The summed E-state index contributed by atoms with van der Waals surface area (Å²) >= 11 is 0. The Hall–Kier alpha value is -3.36. The van der Waals surface area contributed by atoms with Crippen LogP contribution in [-0.4, -0.2) is 34.3 Å². The molecule has 0 aliphatic heterocycles. The van der Waals surface area contributed by atoms with E-state index in [0.29, 0.717) is 11.5 Å². The fourth-order valence-electron chi connectivity index (χ4n) is 2.43. The van der Waals surface area contributed by atoms with Crippen LogP contribution < -0.4 is 0 Å². The normalized spacial score (nSPS) is 12.7. The third-order valence-electron chi connectivity index (χ3n) is 3.67. The predicted octanol–water partition coefficient (Wildman–Crippen LogP) is 1.99. The number of rotatable bonds is 3. The third kappa shape index (κ3) is 2.09. The van der Waals surface area contributed by atoms with E-state index in [-0.39, 0.29) is 11.7 Å². The Morgan fingerprint density at radius 2 is 2.13 bits per heavy atom. The molecule has 0 N–H and O–H groups in total. The van der Waals surface area contributed by atoms with Crippen molar-refractivity contribution in [3.05, 3.63) is 58.9 Å². The van der Waals surface area contributed by atoms with E-state index in [2.05, 4.69) is 20.2 Å². The zero-order chi connectivity index (χ0) is 16.0. The summed E-state index contributed by atoms with van der Waals surface area (Å²) in [6.45, 7) is 1.83. The maximum Gasteiger partial charge on any atom is 0.307 e. The largest absolute Gasteiger partial charge is 0.307 e. The van der Waals surface area contributed by atoms with E-state index in [1.54, 1.807) is 10.8 Å². The molecule has 1 aromatic carbocycles. The molecular formula is C14H11N7O2. The van der Waals surface area contributed by atoms with Gasteiger partial charge in [-0.1, -0.05) is 12.1 Å². The van der Waals surface area contributed by atoms with Gasteiger partial charge in [0, 0.05) is 5.39 Å². The topological polar surface area (TPSA) is 104 Å². The standard InChI is InChI=1S/C14H11N7O2/c1-9(19-7-10(6-16-19)21(22)23)13-17-14-11-4-2-3-5-12(11)15-8-20(14)18-13/h2-9H,1H3/t9-/m1/s1. The minimum absolute atomic E-state index is 0.0623. The maximum absolute atomic E-state index is 10.8. The molecule has 114 valence electrons. The second-order valence-corrected chi connectivity index (χ2v) is 5.11. The lowest BCUT2D eigenvalue weighted by Crippen LogP contribution is -2.09. The number of hydrogen-bond acceptors (Lipinski definition) is 6. The van der Waals surface area contributed by atoms with Crippen LogP contribution in [0.2, 0.25) is 0 Å². The van der Waals surface area contributed by atoms with Crippen LogP contribution in [0.3, 0.4) is 0 Å². The van der Waals surface area contributed by atoms with Gasteiger partial charge in [0.25, 0.3) is 0 Å². The highest BCUT2D eigenvalue weighted by Crippen LogP contribution is 2.21. The number of aromatic nitrogens is 6. The Kier molecular flexibility index (Phi) is 2.80. The Morgan fingerprint density at radius 1 is 1.30 bits per heavy atom. The fourth-order valence-corrected chi connectivity index (χ4v) is 2.43. The molecule has 0 fully saturated rings. The van der Waals surface area contributed by atoms with Crippen molar-refractivity contribution < 1.29 is 4.92 Å². The molecule has 0 spiro atoms. The first-order chi connectivity index (χ1) is 11.1. The number of nitrogens with zero attached hydrogens (tertiary/aromatic N) is 7. The van der Waals surface area contributed by atoms with Crippen molar-refractivity contribution in [2.75, 3.05) is 0 Å². The Morgan fingerprint density at radius 3 is 2.91 bits per heavy atom. The van der Waals surface area contributed by atoms with E-state index in [9.17, 15) is 10.1 Å². The monoisotopic (exact) mass is 309 g/mol. The summed E-state index contributed by atoms with van der Waals surface area (Å²) in [5.74, 6) is 0.515. The van der Waals surface area contributed by atoms with Gasteiger partial charge in [-0.05, 0) is 19.1 Å². The number of nitro groups is 1. The molecular weight excluding hydrogens is 298 g/mol. The van der Waals surface area contributed by atoms with Gasteiger partial charge >= 0.3 is 5.69 Å². The van der Waals surface area contributed by atoms with E-state index in [4.69, 9.17) is 0 Å². The molecule has 0 aliphatic carbocycles. The van der Waals surface area contributed by atoms with Crippen LogP contribution in [0, 0.1) is 10.1 Å². The summed E-state index contributed by atoms with van der Waals surface area (Å²) in [6, 6.07) is 7.33. The highest BCUT2D eigenvalue weighted by Gasteiger charge is 2.19. The second-order valence-electron chi connectivity index (χ2n) is 5.11. The molecule has 0 radical (unpaired) electrons. The summed E-state index contributed by atoms with van der Waals surface area (Å²) in [4.78, 5) is 19.2. The lowest BCUT2D eigenvalue weighted by atomic mass is 10.2. The van der Waals surface area contributed by atoms with Crippen LogP contribution in [0.5, 0.6) is 0 Å². The molecule has 3 heterocycles. The second kappa shape index (κ2) is 4.83. The van der Waals surface area contributed by atoms with Gasteiger partial charge in [-0.3, -0.25) is 14.8 Å². The van der Waals surface area contributed by atoms with E-state index < -0.39 is 4.92 Å². The van der Waals surface area contributed by atoms with E-state index in [1.165, 1.54) is 17.1 Å². The lowest BCUT2D eigenvalue weighted by Gasteiger charge is -2.05. The Labute approximate surface area is 129 Å². The van der Waals surface area contributed by atoms with E-state index in [0.717, 1.165) is 10.9 Å². The molecule has 9 nitrogen and oxygen atoms in total. The summed E-state index contributed by atoms with van der Waals surface area (Å²) in [7, 11) is 0. The molecule has 0 amide bonds. The number of hydrogen-bond donors (Lipinski definition) is 0. The van der Waals surface area contributed by atoms with Gasteiger partial charge in [-0.15, -0.1) is 5.10 Å². The number of para-hydroxylation sites is 1. The van der Waals surface area contributed by atoms with Gasteiger partial charge < -0.3 is 0 Å². The SMILES string of the molecule is C[C@H](c1nc2c3ccccc3ncn2n1)n1cc([N+](=O)[O-])cn1. The molecule has 0 aliphatic rings. The van der Waals surface area contributed by atoms with Gasteiger partial charge in [-0.25, -0.2) is 14.5 Å². The minimum Gasteiger partial charge on any atom is -0.258 e. The molecule has 0 saturated heterocycles. The van der Waals surface area contributed by atoms with Crippen molar-refractivity contribution in [2.45, 2.75) is 13.0 Å². The zero-order valence-electron chi connectivity index (χ0n) is 12.1. The average Bonchev–Trinajstić information content (AvgIpc) is 3.21.